The largest absolute Gasteiger partial charge is 0.497 e. The number of aromatic nitrogens is 3. The lowest BCUT2D eigenvalue weighted by atomic mass is 10.3. The van der Waals surface area contributed by atoms with Crippen LogP contribution in [0.25, 0.3) is 0 Å². The first kappa shape index (κ1) is 12.8. The zero-order valence-electron chi connectivity index (χ0n) is 10.1. The molecule has 0 fully saturated rings. The summed E-state index contributed by atoms with van der Waals surface area (Å²) in [6.07, 6.45) is 1.32. The van der Waals surface area contributed by atoms with Gasteiger partial charge >= 0.3 is 0 Å². The molecule has 0 spiro atoms. The summed E-state index contributed by atoms with van der Waals surface area (Å²) in [7, 11) is 1.46. The van der Waals surface area contributed by atoms with Gasteiger partial charge in [-0.3, -0.25) is 4.79 Å². The summed E-state index contributed by atoms with van der Waals surface area (Å²) in [5.41, 5.74) is 5.36. The van der Waals surface area contributed by atoms with Crippen LogP contribution in [0, 0.1) is 5.82 Å². The Morgan fingerprint density at radius 2 is 2.37 bits per heavy atom. The molecule has 1 heterocycles. The Hall–Kier alpha value is -2.64. The monoisotopic (exact) mass is 265 g/mol. The van der Waals surface area contributed by atoms with E-state index in [9.17, 15) is 9.18 Å². The maximum Gasteiger partial charge on any atom is 0.246 e. The lowest BCUT2D eigenvalue weighted by Gasteiger charge is -2.08. The Morgan fingerprint density at radius 1 is 1.58 bits per heavy atom. The zero-order valence-corrected chi connectivity index (χ0v) is 10.1. The van der Waals surface area contributed by atoms with E-state index in [0.29, 0.717) is 5.75 Å². The molecule has 0 aliphatic heterocycles. The number of rotatable bonds is 4. The van der Waals surface area contributed by atoms with E-state index in [1.807, 2.05) is 0 Å². The molecule has 0 saturated heterocycles. The van der Waals surface area contributed by atoms with Gasteiger partial charge in [-0.25, -0.2) is 14.1 Å². The first-order valence-corrected chi connectivity index (χ1v) is 5.37. The van der Waals surface area contributed by atoms with E-state index >= 15 is 0 Å². The predicted octanol–water partition coefficient (Wildman–Crippen LogP) is 0.647. The second-order valence-corrected chi connectivity index (χ2v) is 3.69. The highest BCUT2D eigenvalue weighted by Gasteiger charge is 2.09. The molecule has 0 aliphatic carbocycles. The molecule has 0 radical (unpaired) electrons. The van der Waals surface area contributed by atoms with Gasteiger partial charge in [0, 0.05) is 6.07 Å². The topological polar surface area (TPSA) is 95.1 Å². The van der Waals surface area contributed by atoms with Crippen molar-refractivity contribution < 1.29 is 13.9 Å². The lowest BCUT2D eigenvalue weighted by molar-refractivity contribution is -0.116. The van der Waals surface area contributed by atoms with Crippen molar-refractivity contribution in [2.45, 2.75) is 6.54 Å². The van der Waals surface area contributed by atoms with Crippen molar-refractivity contribution in [1.82, 2.24) is 14.8 Å². The molecule has 0 atom stereocenters. The molecular formula is C11H12FN5O2. The minimum absolute atomic E-state index is 0.0393. The maximum atomic E-state index is 13.5. The third kappa shape index (κ3) is 3.18. The second-order valence-electron chi connectivity index (χ2n) is 3.69. The summed E-state index contributed by atoms with van der Waals surface area (Å²) in [6.45, 7) is -0.110. The quantitative estimate of drug-likeness (QED) is 0.846. The van der Waals surface area contributed by atoms with Crippen LogP contribution < -0.4 is 15.8 Å². The summed E-state index contributed by atoms with van der Waals surface area (Å²) in [5, 5.41) is 6.17. The van der Waals surface area contributed by atoms with Gasteiger partial charge in [0.2, 0.25) is 11.9 Å². The fraction of sp³-hybridized carbons (Fsp3) is 0.182. The average molecular weight is 265 g/mol. The number of ether oxygens (including phenoxy) is 1. The molecule has 0 saturated carbocycles. The molecule has 100 valence electrons. The van der Waals surface area contributed by atoms with Crippen LogP contribution in [0.2, 0.25) is 0 Å². The Balaban J connectivity index is 2.06. The summed E-state index contributed by atoms with van der Waals surface area (Å²) in [5.74, 6) is -0.480. The number of carbonyl (C=O) groups excluding carboxylic acids is 1. The molecule has 7 nitrogen and oxygen atoms in total. The molecule has 0 bridgehead atoms. The van der Waals surface area contributed by atoms with Crippen molar-refractivity contribution in [3.8, 4) is 5.75 Å². The van der Waals surface area contributed by atoms with Crippen molar-refractivity contribution in [2.24, 2.45) is 0 Å². The molecule has 0 aliphatic rings. The number of benzene rings is 1. The fourth-order valence-electron chi connectivity index (χ4n) is 1.45. The van der Waals surface area contributed by atoms with E-state index < -0.39 is 11.7 Å². The molecule has 3 N–H and O–H groups in total. The van der Waals surface area contributed by atoms with E-state index in [1.165, 1.54) is 36.3 Å². The van der Waals surface area contributed by atoms with Crippen molar-refractivity contribution in [2.75, 3.05) is 18.2 Å². The molecule has 8 heteroatoms. The highest BCUT2D eigenvalue weighted by atomic mass is 19.1. The van der Waals surface area contributed by atoms with E-state index in [2.05, 4.69) is 15.4 Å². The van der Waals surface area contributed by atoms with Gasteiger partial charge in [0.05, 0.1) is 12.8 Å². The number of nitrogen functional groups attached to an aromatic ring is 1. The van der Waals surface area contributed by atoms with Crippen molar-refractivity contribution in [3.63, 3.8) is 0 Å². The SMILES string of the molecule is COc1ccc(F)c(NC(=O)Cn2cnc(N)n2)c1. The van der Waals surface area contributed by atoms with Gasteiger partial charge in [0.1, 0.15) is 24.4 Å². The molecule has 2 aromatic rings. The maximum absolute atomic E-state index is 13.5. The molecule has 19 heavy (non-hydrogen) atoms. The normalized spacial score (nSPS) is 10.2. The predicted molar refractivity (Wildman–Crippen MR) is 66.0 cm³/mol. The first-order chi connectivity index (χ1) is 9.08. The van der Waals surface area contributed by atoms with E-state index in [1.54, 1.807) is 0 Å². The highest BCUT2D eigenvalue weighted by Crippen LogP contribution is 2.20. The number of halogens is 1. The molecule has 0 unspecified atom stereocenters. The summed E-state index contributed by atoms with van der Waals surface area (Å²) >= 11 is 0. The van der Waals surface area contributed by atoms with Crippen LogP contribution in [-0.2, 0) is 11.3 Å². The van der Waals surface area contributed by atoms with Crippen molar-refractivity contribution in [1.29, 1.82) is 0 Å². The number of amides is 1. The number of methoxy groups -OCH3 is 1. The van der Waals surface area contributed by atoms with Crippen LogP contribution in [-0.4, -0.2) is 27.8 Å². The highest BCUT2D eigenvalue weighted by molar-refractivity contribution is 5.90. The minimum atomic E-state index is -0.549. The zero-order chi connectivity index (χ0) is 13.8. The van der Waals surface area contributed by atoms with Gasteiger partial charge in [-0.1, -0.05) is 0 Å². The van der Waals surface area contributed by atoms with Crippen LogP contribution in [0.1, 0.15) is 0 Å². The Bertz CT molecular complexity index is 599. The fourth-order valence-corrected chi connectivity index (χ4v) is 1.45. The van der Waals surface area contributed by atoms with Gasteiger partial charge in [-0.05, 0) is 12.1 Å². The molecule has 1 aromatic heterocycles. The number of hydrogen-bond acceptors (Lipinski definition) is 5. The molecule has 1 aromatic carbocycles. The molecule has 2 rings (SSSR count). The van der Waals surface area contributed by atoms with Crippen LogP contribution >= 0.6 is 0 Å². The van der Waals surface area contributed by atoms with Gasteiger partial charge < -0.3 is 15.8 Å². The number of nitrogens with one attached hydrogen (secondary N) is 1. The number of carbonyl (C=O) groups is 1. The van der Waals surface area contributed by atoms with Gasteiger partial charge in [0.25, 0.3) is 0 Å². The van der Waals surface area contributed by atoms with Crippen molar-refractivity contribution >= 4 is 17.5 Å². The Kier molecular flexibility index (Phi) is 3.60. The summed E-state index contributed by atoms with van der Waals surface area (Å²) in [4.78, 5) is 15.4. The van der Waals surface area contributed by atoms with Crippen LogP contribution in [0.5, 0.6) is 5.75 Å². The molecular weight excluding hydrogens is 253 g/mol. The van der Waals surface area contributed by atoms with Crippen LogP contribution in [0.3, 0.4) is 0 Å². The Morgan fingerprint density at radius 3 is 3.00 bits per heavy atom. The van der Waals surface area contributed by atoms with Gasteiger partial charge in [-0.15, -0.1) is 5.10 Å². The van der Waals surface area contributed by atoms with Crippen molar-refractivity contribution in [3.05, 3.63) is 30.3 Å². The number of nitrogens with two attached hydrogens (primary N) is 1. The Labute approximate surface area is 108 Å². The number of hydrogen-bond donors (Lipinski definition) is 2. The first-order valence-electron chi connectivity index (χ1n) is 5.37. The van der Waals surface area contributed by atoms with E-state index in [0.717, 1.165) is 0 Å². The average Bonchev–Trinajstić information content (AvgIpc) is 2.77. The van der Waals surface area contributed by atoms with E-state index in [-0.39, 0.29) is 18.2 Å². The third-order valence-corrected chi connectivity index (χ3v) is 2.31. The van der Waals surface area contributed by atoms with Gasteiger partial charge in [-0.2, -0.15) is 0 Å². The van der Waals surface area contributed by atoms with Crippen LogP contribution in [0.4, 0.5) is 16.0 Å². The smallest absolute Gasteiger partial charge is 0.246 e. The summed E-state index contributed by atoms with van der Waals surface area (Å²) < 4.78 is 19.7. The van der Waals surface area contributed by atoms with E-state index in [4.69, 9.17) is 10.5 Å². The molecule has 1 amide bonds. The summed E-state index contributed by atoms with van der Waals surface area (Å²) in [6, 6.07) is 4.06. The lowest BCUT2D eigenvalue weighted by Crippen LogP contribution is -2.19. The minimum Gasteiger partial charge on any atom is -0.497 e. The number of anilines is 2. The standard InChI is InChI=1S/C11H12FN5O2/c1-19-7-2-3-8(12)9(4-7)15-10(18)5-17-6-14-11(13)16-17/h2-4,6H,5H2,1H3,(H2,13,16)(H,15,18). The third-order valence-electron chi connectivity index (χ3n) is 2.31. The second kappa shape index (κ2) is 5.34. The number of nitrogens with zero attached hydrogens (tertiary/aromatic N) is 3. The van der Waals surface area contributed by atoms with Gasteiger partial charge in [0.15, 0.2) is 0 Å². The van der Waals surface area contributed by atoms with Crippen LogP contribution in [0.15, 0.2) is 24.5 Å².